The highest BCUT2D eigenvalue weighted by Gasteiger charge is 2.29. The largest absolute Gasteiger partial charge is 0.497 e. The zero-order valence-corrected chi connectivity index (χ0v) is 12.9. The first kappa shape index (κ1) is 13.3. The van der Waals surface area contributed by atoms with Gasteiger partial charge in [-0.15, -0.1) is 0 Å². The minimum atomic E-state index is 0.299. The van der Waals surface area contributed by atoms with Crippen molar-refractivity contribution < 1.29 is 9.31 Å². The zero-order valence-electron chi connectivity index (χ0n) is 12.1. The van der Waals surface area contributed by atoms with Gasteiger partial charge in [-0.2, -0.15) is 4.58 Å². The molecule has 1 saturated carbocycles. The molecule has 2 aromatic carbocycles. The summed E-state index contributed by atoms with van der Waals surface area (Å²) >= 11 is 5.25. The van der Waals surface area contributed by atoms with Crippen LogP contribution in [-0.2, 0) is 0 Å². The Hall–Kier alpha value is -2.34. The summed E-state index contributed by atoms with van der Waals surface area (Å²) in [6.07, 6.45) is 2.50. The van der Waals surface area contributed by atoms with Crippen molar-refractivity contribution in [3.63, 3.8) is 0 Å². The second-order valence-corrected chi connectivity index (χ2v) is 5.90. The smallest absolute Gasteiger partial charge is 0.384 e. The molecule has 4 rings (SSSR count). The molecule has 5 nitrogen and oxygen atoms in total. The fourth-order valence-electron chi connectivity index (χ4n) is 2.92. The van der Waals surface area contributed by atoms with Crippen LogP contribution in [0, 0.1) is 0 Å². The lowest BCUT2D eigenvalue weighted by Crippen LogP contribution is -2.21. The van der Waals surface area contributed by atoms with E-state index in [1.54, 1.807) is 11.7 Å². The summed E-state index contributed by atoms with van der Waals surface area (Å²) in [4.78, 5) is 0. The van der Waals surface area contributed by atoms with Gasteiger partial charge in [0.05, 0.1) is 12.2 Å². The van der Waals surface area contributed by atoms with Crippen molar-refractivity contribution in [1.29, 1.82) is 0 Å². The van der Waals surface area contributed by atoms with Crippen LogP contribution in [0.2, 0.25) is 0 Å². The number of hydrogen-bond acceptors (Lipinski definition) is 4. The lowest BCUT2D eigenvalue weighted by molar-refractivity contribution is -0.298. The van der Waals surface area contributed by atoms with Crippen LogP contribution in [0.5, 0.6) is 5.75 Å². The highest BCUT2D eigenvalue weighted by molar-refractivity contribution is 7.80. The molecule has 0 atom stereocenters. The van der Waals surface area contributed by atoms with Crippen LogP contribution in [0.25, 0.3) is 10.8 Å². The second kappa shape index (κ2) is 4.84. The van der Waals surface area contributed by atoms with Gasteiger partial charge in [0.2, 0.25) is 0 Å². The highest BCUT2D eigenvalue weighted by Crippen LogP contribution is 2.45. The van der Waals surface area contributed by atoms with Gasteiger partial charge in [-0.3, -0.25) is 0 Å². The number of thiocarbonyl (C=S) groups is 1. The number of fused-ring (bicyclic) bond motifs is 1. The summed E-state index contributed by atoms with van der Waals surface area (Å²) in [6.45, 7) is 0. The Morgan fingerprint density at radius 3 is 2.64 bits per heavy atom. The van der Waals surface area contributed by atoms with Gasteiger partial charge in [0, 0.05) is 10.5 Å². The quantitative estimate of drug-likeness (QED) is 0.697. The molecule has 2 aromatic rings. The Labute approximate surface area is 133 Å². The Balaban J connectivity index is 2.01. The van der Waals surface area contributed by atoms with Crippen LogP contribution >= 0.6 is 12.2 Å². The van der Waals surface area contributed by atoms with E-state index in [0.29, 0.717) is 17.0 Å². The Kier molecular flexibility index (Phi) is 2.94. The van der Waals surface area contributed by atoms with Crippen molar-refractivity contribution >= 4 is 39.7 Å². The summed E-state index contributed by atoms with van der Waals surface area (Å²) in [6, 6.07) is 10.3. The van der Waals surface area contributed by atoms with E-state index in [2.05, 4.69) is 22.4 Å². The summed E-state index contributed by atoms with van der Waals surface area (Å²) in [5.41, 5.74) is 8.20. The van der Waals surface area contributed by atoms with Gasteiger partial charge in [-0.05, 0) is 60.1 Å². The molecule has 0 amide bonds. The third-order valence-electron chi connectivity index (χ3n) is 4.15. The van der Waals surface area contributed by atoms with Crippen molar-refractivity contribution in [3.8, 4) is 5.75 Å². The van der Waals surface area contributed by atoms with E-state index in [1.165, 1.54) is 23.8 Å². The summed E-state index contributed by atoms with van der Waals surface area (Å²) in [5.74, 6) is 1.76. The van der Waals surface area contributed by atoms with Crippen LogP contribution in [0.3, 0.4) is 0 Å². The first-order valence-corrected chi connectivity index (χ1v) is 7.59. The van der Waals surface area contributed by atoms with Gasteiger partial charge in [0.1, 0.15) is 11.4 Å². The predicted molar refractivity (Wildman–Crippen MR) is 89.0 cm³/mol. The normalized spacial score (nSPS) is 17.6. The molecule has 2 N–H and O–H groups in total. The number of methoxy groups -OCH3 is 1. The Morgan fingerprint density at radius 1 is 1.18 bits per heavy atom. The Morgan fingerprint density at radius 2 is 2.00 bits per heavy atom. The fraction of sp³-hybridized carbons (Fsp3) is 0.250. The molecule has 1 aliphatic heterocycles. The maximum absolute atomic E-state index is 5.94. The molecule has 0 saturated heterocycles. The topological polar surface area (TPSA) is 63.0 Å². The number of nitrogens with zero attached hydrogens (tertiary/aromatic N) is 3. The standard InChI is InChI=1S/C16H14N4OS/c1-21-10-4-5-12-11(9-2-3-9)6-7-14(13(12)8-10)20-15(17)18-19-16(20)22/h4-9,17H,2-3H2,1H3/p+1. The van der Waals surface area contributed by atoms with Crippen LogP contribution < -0.4 is 10.5 Å². The number of benzene rings is 2. The summed E-state index contributed by atoms with van der Waals surface area (Å²) < 4.78 is 7.08. The third kappa shape index (κ3) is 1.99. The predicted octanol–water partition coefficient (Wildman–Crippen LogP) is 3.44. The van der Waals surface area contributed by atoms with Gasteiger partial charge >= 0.3 is 11.1 Å². The molecule has 0 bridgehead atoms. The lowest BCUT2D eigenvalue weighted by atomic mass is 9.99. The molecule has 0 aromatic heterocycles. The van der Waals surface area contributed by atoms with Gasteiger partial charge in [0.25, 0.3) is 0 Å². The summed E-state index contributed by atoms with van der Waals surface area (Å²) in [5, 5.41) is 10.4. The molecule has 6 heteroatoms. The van der Waals surface area contributed by atoms with E-state index in [4.69, 9.17) is 22.7 Å². The van der Waals surface area contributed by atoms with Gasteiger partial charge in [-0.1, -0.05) is 12.1 Å². The molecule has 22 heavy (non-hydrogen) atoms. The van der Waals surface area contributed by atoms with Gasteiger partial charge in [-0.25, -0.2) is 0 Å². The molecule has 110 valence electrons. The van der Waals surface area contributed by atoms with E-state index in [0.717, 1.165) is 16.8 Å². The average molecular weight is 311 g/mol. The van der Waals surface area contributed by atoms with Crippen molar-refractivity contribution in [3.05, 3.63) is 35.9 Å². The molecule has 1 aliphatic carbocycles. The molecule has 2 aliphatic rings. The van der Waals surface area contributed by atoms with Crippen molar-refractivity contribution in [1.82, 2.24) is 0 Å². The van der Waals surface area contributed by atoms with Crippen molar-refractivity contribution in [2.75, 3.05) is 7.11 Å². The first-order chi connectivity index (χ1) is 10.7. The van der Waals surface area contributed by atoms with E-state index in [1.807, 2.05) is 18.2 Å². The first-order valence-electron chi connectivity index (χ1n) is 7.18. The van der Waals surface area contributed by atoms with Crippen molar-refractivity contribution in [2.45, 2.75) is 18.8 Å². The summed E-state index contributed by atoms with van der Waals surface area (Å²) in [7, 11) is 1.66. The van der Waals surface area contributed by atoms with E-state index < -0.39 is 0 Å². The lowest BCUT2D eigenvalue weighted by Gasteiger charge is -2.12. The number of ether oxygens (including phenoxy) is 1. The molecule has 1 fully saturated rings. The van der Waals surface area contributed by atoms with Crippen LogP contribution in [0.4, 0.5) is 5.69 Å². The van der Waals surface area contributed by atoms with Gasteiger partial charge < -0.3 is 10.5 Å². The maximum Gasteiger partial charge on any atom is 0.384 e. The van der Waals surface area contributed by atoms with Crippen LogP contribution in [-0.4, -0.2) is 22.8 Å². The van der Waals surface area contributed by atoms with E-state index >= 15 is 0 Å². The number of hydrogen-bond donors (Lipinski definition) is 1. The monoisotopic (exact) mass is 311 g/mol. The number of guanidine groups is 1. The molecular weight excluding hydrogens is 296 g/mol. The SMILES string of the molecule is COc1ccc2c(C3CC3)ccc([N+]3=C(N)N=NC3=S)c2c1. The van der Waals surface area contributed by atoms with Crippen molar-refractivity contribution in [2.24, 2.45) is 16.0 Å². The van der Waals surface area contributed by atoms with Gasteiger partial charge in [0.15, 0.2) is 0 Å². The maximum atomic E-state index is 5.94. The second-order valence-electron chi connectivity index (χ2n) is 5.54. The van der Waals surface area contributed by atoms with E-state index in [9.17, 15) is 0 Å². The fourth-order valence-corrected chi connectivity index (χ4v) is 3.15. The van der Waals surface area contributed by atoms with Crippen LogP contribution in [0.15, 0.2) is 40.6 Å². The molecule has 1 heterocycles. The third-order valence-corrected chi connectivity index (χ3v) is 4.42. The highest BCUT2D eigenvalue weighted by atomic mass is 32.1. The molecule has 0 unspecified atom stereocenters. The molecular formula is C16H15N4OS+. The average Bonchev–Trinajstić information content (AvgIpc) is 3.32. The molecule has 0 spiro atoms. The minimum Gasteiger partial charge on any atom is -0.497 e. The Bertz CT molecular complexity index is 868. The molecule has 0 radical (unpaired) electrons. The number of rotatable bonds is 3. The zero-order chi connectivity index (χ0) is 15.3. The minimum absolute atomic E-state index is 0.299. The number of azo groups is 1. The number of nitrogens with two attached hydrogens (primary N) is 1. The van der Waals surface area contributed by atoms with Crippen LogP contribution in [0.1, 0.15) is 24.3 Å². The van der Waals surface area contributed by atoms with E-state index in [-0.39, 0.29) is 0 Å².